The van der Waals surface area contributed by atoms with Crippen LogP contribution in [0.3, 0.4) is 0 Å². The summed E-state index contributed by atoms with van der Waals surface area (Å²) in [4.78, 5) is 11.2. The van der Waals surface area contributed by atoms with E-state index < -0.39 is 13.3 Å². The molecule has 0 aromatic carbocycles. The summed E-state index contributed by atoms with van der Waals surface area (Å²) in [7, 11) is 0. The Kier molecular flexibility index (Phi) is 16.2. The molecule has 0 bridgehead atoms. The van der Waals surface area contributed by atoms with Gasteiger partial charge >= 0.3 is 58.4 Å². The van der Waals surface area contributed by atoms with Crippen molar-refractivity contribution in [1.29, 1.82) is 0 Å². The van der Waals surface area contributed by atoms with E-state index in [1.165, 1.54) is 0 Å². The van der Waals surface area contributed by atoms with E-state index in [4.69, 9.17) is 0 Å². The van der Waals surface area contributed by atoms with Crippen molar-refractivity contribution in [1.82, 2.24) is 0 Å². The zero-order valence-electron chi connectivity index (χ0n) is 12.0. The molecule has 0 aromatic heterocycles. The van der Waals surface area contributed by atoms with Crippen LogP contribution in [0.4, 0.5) is 12.9 Å². The van der Waals surface area contributed by atoms with Crippen molar-refractivity contribution in [2.75, 3.05) is 0 Å². The van der Waals surface area contributed by atoms with Crippen LogP contribution < -0.4 is 51.4 Å². The third-order valence-electron chi connectivity index (χ3n) is 2.86. The van der Waals surface area contributed by atoms with Gasteiger partial charge in [0.2, 0.25) is 0 Å². The molecular formula is C13H23BF3KO. The van der Waals surface area contributed by atoms with Crippen LogP contribution in [0.15, 0.2) is 12.7 Å². The zero-order valence-corrected chi connectivity index (χ0v) is 15.1. The number of unbranched alkanes of at least 4 members (excludes halogenated alkanes) is 6. The number of hydrogen-bond donors (Lipinski definition) is 0. The van der Waals surface area contributed by atoms with Crippen LogP contribution in [-0.4, -0.2) is 12.8 Å². The van der Waals surface area contributed by atoms with Gasteiger partial charge in [0.15, 0.2) is 0 Å². The Labute approximate surface area is 157 Å². The fraction of sp³-hybridized carbons (Fsp3) is 0.769. The van der Waals surface area contributed by atoms with Gasteiger partial charge in [-0.3, -0.25) is 4.79 Å². The normalized spacial score (nSPS) is 10.9. The van der Waals surface area contributed by atoms with Gasteiger partial charge in [0.1, 0.15) is 5.78 Å². The van der Waals surface area contributed by atoms with Crippen LogP contribution in [0, 0.1) is 0 Å². The van der Waals surface area contributed by atoms with Crippen LogP contribution in [0.2, 0.25) is 6.32 Å². The Morgan fingerprint density at radius 3 is 2.00 bits per heavy atom. The molecule has 0 amide bonds. The first kappa shape index (κ1) is 22.2. The first-order valence-corrected chi connectivity index (χ1v) is 6.79. The van der Waals surface area contributed by atoms with E-state index >= 15 is 0 Å². The number of rotatable bonds is 12. The number of ketones is 1. The summed E-state index contributed by atoms with van der Waals surface area (Å²) >= 11 is 0. The number of halogens is 3. The molecule has 6 heteroatoms. The van der Waals surface area contributed by atoms with E-state index in [0.717, 1.165) is 44.9 Å². The molecule has 0 aliphatic heterocycles. The van der Waals surface area contributed by atoms with E-state index in [2.05, 4.69) is 6.58 Å². The van der Waals surface area contributed by atoms with Gasteiger partial charge in [-0.25, -0.2) is 0 Å². The zero-order chi connectivity index (χ0) is 13.9. The Morgan fingerprint density at radius 1 is 0.947 bits per heavy atom. The Hall–Kier alpha value is 0.901. The van der Waals surface area contributed by atoms with Gasteiger partial charge in [-0.15, -0.1) is 6.58 Å². The standard InChI is InChI=1S/C13H23BF3O.K/c1-2-3-4-5-6-7-8-9-10-13(18)11-12-14(15,16)17;/h2H,1,3-12H2;/q-1;+1. The number of allylic oxidation sites excluding steroid dienone is 1. The average Bonchev–Trinajstić information content (AvgIpc) is 2.29. The van der Waals surface area contributed by atoms with Crippen LogP contribution in [0.25, 0.3) is 0 Å². The second-order valence-corrected chi connectivity index (χ2v) is 4.74. The molecule has 0 saturated heterocycles. The van der Waals surface area contributed by atoms with Crippen LogP contribution in [0.5, 0.6) is 0 Å². The molecule has 0 spiro atoms. The maximum Gasteiger partial charge on any atom is 1.00 e. The largest absolute Gasteiger partial charge is 1.00 e. The SMILES string of the molecule is C=CCCCCCCCCC(=O)CC[B-](F)(F)F.[K+]. The minimum atomic E-state index is -4.80. The maximum absolute atomic E-state index is 11.9. The molecular weight excluding hydrogens is 279 g/mol. The molecule has 0 aromatic rings. The van der Waals surface area contributed by atoms with Crippen molar-refractivity contribution >= 4 is 12.8 Å². The maximum atomic E-state index is 11.9. The van der Waals surface area contributed by atoms with Crippen LogP contribution in [0.1, 0.15) is 57.8 Å². The number of Topliss-reactive ketones (excluding diaryl/α,β-unsaturated/α-hetero) is 1. The van der Waals surface area contributed by atoms with Crippen molar-refractivity contribution in [3.8, 4) is 0 Å². The molecule has 0 N–H and O–H groups in total. The molecule has 0 aliphatic carbocycles. The van der Waals surface area contributed by atoms with Crippen molar-refractivity contribution in [2.45, 2.75) is 64.1 Å². The predicted molar refractivity (Wildman–Crippen MR) is 70.6 cm³/mol. The van der Waals surface area contributed by atoms with Gasteiger partial charge in [0.05, 0.1) is 0 Å². The topological polar surface area (TPSA) is 17.1 Å². The Morgan fingerprint density at radius 2 is 1.47 bits per heavy atom. The first-order chi connectivity index (χ1) is 8.45. The van der Waals surface area contributed by atoms with E-state index in [1.54, 1.807) is 0 Å². The predicted octanol–water partition coefficient (Wildman–Crippen LogP) is 2.10. The van der Waals surface area contributed by atoms with Gasteiger partial charge < -0.3 is 12.9 Å². The molecule has 0 fully saturated rings. The minimum absolute atomic E-state index is 0. The van der Waals surface area contributed by atoms with Gasteiger partial charge in [-0.2, -0.15) is 0 Å². The second-order valence-electron chi connectivity index (χ2n) is 4.74. The summed E-state index contributed by atoms with van der Waals surface area (Å²) in [5.74, 6) is -0.249. The molecule has 19 heavy (non-hydrogen) atoms. The van der Waals surface area contributed by atoms with Crippen molar-refractivity contribution in [3.63, 3.8) is 0 Å². The molecule has 106 valence electrons. The van der Waals surface area contributed by atoms with E-state index in [1.807, 2.05) is 6.08 Å². The van der Waals surface area contributed by atoms with Crippen molar-refractivity contribution in [3.05, 3.63) is 12.7 Å². The van der Waals surface area contributed by atoms with Gasteiger partial charge in [-0.1, -0.05) is 38.1 Å². The Bertz CT molecular complexity index is 245. The minimum Gasteiger partial charge on any atom is -0.449 e. The van der Waals surface area contributed by atoms with Gasteiger partial charge in [0.25, 0.3) is 0 Å². The fourth-order valence-electron chi connectivity index (χ4n) is 1.77. The fourth-order valence-corrected chi connectivity index (χ4v) is 1.77. The van der Waals surface area contributed by atoms with E-state index in [9.17, 15) is 17.7 Å². The second kappa shape index (κ2) is 13.9. The summed E-state index contributed by atoms with van der Waals surface area (Å²) in [6.07, 6.45) is 8.18. The molecule has 0 saturated carbocycles. The third-order valence-corrected chi connectivity index (χ3v) is 2.86. The quantitative estimate of drug-likeness (QED) is 0.306. The summed E-state index contributed by atoms with van der Waals surface area (Å²) in [6, 6.07) is 0. The van der Waals surface area contributed by atoms with E-state index in [-0.39, 0.29) is 63.6 Å². The van der Waals surface area contributed by atoms with Crippen molar-refractivity contribution < 1.29 is 69.1 Å². The molecule has 0 aliphatic rings. The average molecular weight is 302 g/mol. The molecule has 0 atom stereocenters. The summed E-state index contributed by atoms with van der Waals surface area (Å²) in [6.45, 7) is -1.15. The van der Waals surface area contributed by atoms with Crippen molar-refractivity contribution in [2.24, 2.45) is 0 Å². The molecule has 0 heterocycles. The number of hydrogen-bond acceptors (Lipinski definition) is 1. The monoisotopic (exact) mass is 302 g/mol. The summed E-state index contributed by atoms with van der Waals surface area (Å²) < 4.78 is 35.7. The third kappa shape index (κ3) is 18.9. The Balaban J connectivity index is 0. The summed E-state index contributed by atoms with van der Waals surface area (Å²) in [5, 5.41) is 0. The first-order valence-electron chi connectivity index (χ1n) is 6.79. The summed E-state index contributed by atoms with van der Waals surface area (Å²) in [5.41, 5.74) is 0. The number of carbonyl (C=O) groups is 1. The molecule has 1 nitrogen and oxygen atoms in total. The number of carbonyl (C=O) groups excluding carboxylic acids is 1. The molecule has 0 radical (unpaired) electrons. The van der Waals surface area contributed by atoms with Gasteiger partial charge in [-0.05, 0) is 25.7 Å². The van der Waals surface area contributed by atoms with Crippen LogP contribution in [-0.2, 0) is 4.79 Å². The van der Waals surface area contributed by atoms with E-state index in [0.29, 0.717) is 6.42 Å². The molecule has 0 rings (SSSR count). The smallest absolute Gasteiger partial charge is 0.449 e. The molecule has 0 unspecified atom stereocenters. The van der Waals surface area contributed by atoms with Gasteiger partial charge in [0, 0.05) is 6.42 Å². The van der Waals surface area contributed by atoms with Crippen LogP contribution >= 0.6 is 0 Å².